The lowest BCUT2D eigenvalue weighted by Gasteiger charge is -2.06. The summed E-state index contributed by atoms with van der Waals surface area (Å²) in [5, 5.41) is 7.64. The van der Waals surface area contributed by atoms with E-state index in [1.807, 2.05) is 42.1 Å². The largest absolute Gasteiger partial charge is 0.370 e. The van der Waals surface area contributed by atoms with Crippen molar-refractivity contribution in [1.82, 2.24) is 14.8 Å². The molecule has 0 amide bonds. The first-order chi connectivity index (χ1) is 8.28. The lowest BCUT2D eigenvalue weighted by atomic mass is 10.3. The van der Waals surface area contributed by atoms with Gasteiger partial charge in [-0.25, -0.2) is 4.98 Å². The number of nitrogens with one attached hydrogen (secondary N) is 1. The van der Waals surface area contributed by atoms with Crippen LogP contribution in [-0.2, 0) is 6.54 Å². The molecule has 2 heterocycles. The van der Waals surface area contributed by atoms with Crippen molar-refractivity contribution in [3.05, 3.63) is 41.9 Å². The van der Waals surface area contributed by atoms with Crippen LogP contribution in [0.5, 0.6) is 0 Å². The highest BCUT2D eigenvalue weighted by Gasteiger charge is 1.99. The highest BCUT2D eigenvalue weighted by Crippen LogP contribution is 2.06. The van der Waals surface area contributed by atoms with Crippen LogP contribution in [-0.4, -0.2) is 21.3 Å². The zero-order valence-corrected chi connectivity index (χ0v) is 10.3. The first kappa shape index (κ1) is 11.6. The number of aryl methyl sites for hydroxylation is 1. The van der Waals surface area contributed by atoms with Gasteiger partial charge in [-0.2, -0.15) is 5.10 Å². The Hall–Kier alpha value is -1.84. The Morgan fingerprint density at radius 2 is 2.18 bits per heavy atom. The third-order valence-corrected chi connectivity index (χ3v) is 2.46. The SMILES string of the molecule is CCCNc1cccc(Cn2ccc(C)n2)n1. The third-order valence-electron chi connectivity index (χ3n) is 2.46. The highest BCUT2D eigenvalue weighted by atomic mass is 15.3. The zero-order chi connectivity index (χ0) is 12.1. The van der Waals surface area contributed by atoms with Gasteiger partial charge in [-0.05, 0) is 31.5 Å². The number of rotatable bonds is 5. The van der Waals surface area contributed by atoms with Gasteiger partial charge in [0, 0.05) is 12.7 Å². The first-order valence-electron chi connectivity index (χ1n) is 5.98. The summed E-state index contributed by atoms with van der Waals surface area (Å²) in [5.41, 5.74) is 2.06. The van der Waals surface area contributed by atoms with Gasteiger partial charge in [0.2, 0.25) is 0 Å². The summed E-state index contributed by atoms with van der Waals surface area (Å²) in [5.74, 6) is 0.938. The van der Waals surface area contributed by atoms with Crippen LogP contribution in [0.4, 0.5) is 5.82 Å². The van der Waals surface area contributed by atoms with Crippen LogP contribution < -0.4 is 5.32 Å². The van der Waals surface area contributed by atoms with E-state index in [9.17, 15) is 0 Å². The number of hydrogen-bond donors (Lipinski definition) is 1. The predicted molar refractivity (Wildman–Crippen MR) is 69.1 cm³/mol. The first-order valence-corrected chi connectivity index (χ1v) is 5.98. The van der Waals surface area contributed by atoms with E-state index in [4.69, 9.17) is 0 Å². The smallest absolute Gasteiger partial charge is 0.126 e. The molecule has 2 aromatic rings. The number of pyridine rings is 1. The molecule has 2 aromatic heterocycles. The molecule has 0 spiro atoms. The van der Waals surface area contributed by atoms with E-state index < -0.39 is 0 Å². The van der Waals surface area contributed by atoms with E-state index in [1.54, 1.807) is 0 Å². The number of hydrogen-bond acceptors (Lipinski definition) is 3. The molecule has 0 bridgehead atoms. The maximum absolute atomic E-state index is 4.54. The predicted octanol–water partition coefficient (Wildman–Crippen LogP) is 2.46. The monoisotopic (exact) mass is 230 g/mol. The van der Waals surface area contributed by atoms with Gasteiger partial charge in [-0.15, -0.1) is 0 Å². The summed E-state index contributed by atoms with van der Waals surface area (Å²) in [6.45, 7) is 5.80. The van der Waals surface area contributed by atoms with Gasteiger partial charge in [0.1, 0.15) is 5.82 Å². The fraction of sp³-hybridized carbons (Fsp3) is 0.385. The van der Waals surface area contributed by atoms with Gasteiger partial charge < -0.3 is 5.32 Å². The highest BCUT2D eigenvalue weighted by molar-refractivity contribution is 5.35. The Morgan fingerprint density at radius 1 is 1.29 bits per heavy atom. The Kier molecular flexibility index (Phi) is 3.75. The second kappa shape index (κ2) is 5.48. The van der Waals surface area contributed by atoms with Crippen molar-refractivity contribution in [2.75, 3.05) is 11.9 Å². The van der Waals surface area contributed by atoms with Crippen molar-refractivity contribution in [1.29, 1.82) is 0 Å². The number of nitrogens with zero attached hydrogens (tertiary/aromatic N) is 3. The van der Waals surface area contributed by atoms with Crippen LogP contribution in [0, 0.1) is 6.92 Å². The fourth-order valence-corrected chi connectivity index (χ4v) is 1.64. The average Bonchev–Trinajstić information content (AvgIpc) is 2.73. The molecule has 0 atom stereocenters. The van der Waals surface area contributed by atoms with Gasteiger partial charge in [0.15, 0.2) is 0 Å². The van der Waals surface area contributed by atoms with Crippen LogP contribution in [0.25, 0.3) is 0 Å². The minimum atomic E-state index is 0.718. The maximum Gasteiger partial charge on any atom is 0.126 e. The van der Waals surface area contributed by atoms with Gasteiger partial charge in [-0.3, -0.25) is 4.68 Å². The minimum Gasteiger partial charge on any atom is -0.370 e. The zero-order valence-electron chi connectivity index (χ0n) is 10.3. The summed E-state index contributed by atoms with van der Waals surface area (Å²) in [6, 6.07) is 8.04. The molecule has 0 aromatic carbocycles. The molecule has 0 fully saturated rings. The summed E-state index contributed by atoms with van der Waals surface area (Å²) < 4.78 is 1.90. The maximum atomic E-state index is 4.54. The molecule has 4 heteroatoms. The van der Waals surface area contributed by atoms with Crippen molar-refractivity contribution in [3.8, 4) is 0 Å². The lowest BCUT2D eigenvalue weighted by Crippen LogP contribution is -2.06. The van der Waals surface area contributed by atoms with E-state index >= 15 is 0 Å². The quantitative estimate of drug-likeness (QED) is 0.858. The summed E-state index contributed by atoms with van der Waals surface area (Å²) in [6.07, 6.45) is 3.08. The Bertz CT molecular complexity index is 476. The Labute approximate surface area is 102 Å². The fourth-order valence-electron chi connectivity index (χ4n) is 1.64. The topological polar surface area (TPSA) is 42.7 Å². The average molecular weight is 230 g/mol. The van der Waals surface area contributed by atoms with Crippen LogP contribution >= 0.6 is 0 Å². The number of anilines is 1. The van der Waals surface area contributed by atoms with Crippen molar-refractivity contribution < 1.29 is 0 Å². The van der Waals surface area contributed by atoms with Gasteiger partial charge >= 0.3 is 0 Å². The van der Waals surface area contributed by atoms with Crippen molar-refractivity contribution in [2.24, 2.45) is 0 Å². The van der Waals surface area contributed by atoms with Crippen molar-refractivity contribution in [2.45, 2.75) is 26.8 Å². The van der Waals surface area contributed by atoms with Crippen molar-refractivity contribution in [3.63, 3.8) is 0 Å². The molecule has 0 radical (unpaired) electrons. The van der Waals surface area contributed by atoms with E-state index in [-0.39, 0.29) is 0 Å². The summed E-state index contributed by atoms with van der Waals surface area (Å²) in [4.78, 5) is 4.54. The summed E-state index contributed by atoms with van der Waals surface area (Å²) >= 11 is 0. The second-order valence-corrected chi connectivity index (χ2v) is 4.10. The van der Waals surface area contributed by atoms with Crippen molar-refractivity contribution >= 4 is 5.82 Å². The molecule has 90 valence electrons. The Morgan fingerprint density at radius 3 is 2.88 bits per heavy atom. The van der Waals surface area contributed by atoms with Crippen LogP contribution in [0.2, 0.25) is 0 Å². The van der Waals surface area contributed by atoms with Crippen LogP contribution in [0.3, 0.4) is 0 Å². The molecule has 1 N–H and O–H groups in total. The molecule has 17 heavy (non-hydrogen) atoms. The molecular formula is C13H18N4. The molecule has 0 aliphatic heterocycles. The van der Waals surface area contributed by atoms with Gasteiger partial charge in [0.05, 0.1) is 17.9 Å². The lowest BCUT2D eigenvalue weighted by molar-refractivity contribution is 0.666. The molecular weight excluding hydrogens is 212 g/mol. The van der Waals surface area contributed by atoms with Crippen LogP contribution in [0.1, 0.15) is 24.7 Å². The molecule has 0 aliphatic carbocycles. The second-order valence-electron chi connectivity index (χ2n) is 4.10. The molecule has 2 rings (SSSR count). The third kappa shape index (κ3) is 3.31. The normalized spacial score (nSPS) is 10.5. The van der Waals surface area contributed by atoms with Crippen LogP contribution in [0.15, 0.2) is 30.5 Å². The van der Waals surface area contributed by atoms with E-state index in [1.165, 1.54) is 0 Å². The Balaban J connectivity index is 2.05. The number of aromatic nitrogens is 3. The summed E-state index contributed by atoms with van der Waals surface area (Å²) in [7, 11) is 0. The van der Waals surface area contributed by atoms with E-state index in [0.717, 1.165) is 36.7 Å². The molecule has 0 saturated heterocycles. The van der Waals surface area contributed by atoms with E-state index in [0.29, 0.717) is 0 Å². The van der Waals surface area contributed by atoms with Gasteiger partial charge in [0.25, 0.3) is 0 Å². The standard InChI is InChI=1S/C13H18N4/c1-3-8-14-13-6-4-5-12(15-13)10-17-9-7-11(2)16-17/h4-7,9H,3,8,10H2,1-2H3,(H,14,15). The minimum absolute atomic E-state index is 0.718. The molecule has 0 unspecified atom stereocenters. The molecule has 0 aliphatic rings. The molecule has 0 saturated carbocycles. The van der Waals surface area contributed by atoms with Gasteiger partial charge in [-0.1, -0.05) is 13.0 Å². The molecule has 4 nitrogen and oxygen atoms in total. The van der Waals surface area contributed by atoms with E-state index in [2.05, 4.69) is 22.3 Å².